The zero-order valence-corrected chi connectivity index (χ0v) is 13.6. The van der Waals surface area contributed by atoms with Gasteiger partial charge >= 0.3 is 0 Å². The molecular formula is C16H13N5O2S. The molecule has 0 fully saturated rings. The predicted octanol–water partition coefficient (Wildman–Crippen LogP) is 3.11. The second-order valence-corrected chi connectivity index (χ2v) is 5.85. The van der Waals surface area contributed by atoms with Crippen LogP contribution >= 0.6 is 11.3 Å². The van der Waals surface area contributed by atoms with Gasteiger partial charge in [0.05, 0.1) is 19.1 Å². The van der Waals surface area contributed by atoms with Crippen molar-refractivity contribution in [3.05, 3.63) is 53.7 Å². The number of thiazole rings is 1. The van der Waals surface area contributed by atoms with Crippen molar-refractivity contribution in [2.75, 3.05) is 7.11 Å². The highest BCUT2D eigenvalue weighted by atomic mass is 32.1. The SMILES string of the molecule is COc1cccc(-c2nnn(Cc3csc(-c4ccco4)n3)n2)c1. The minimum Gasteiger partial charge on any atom is -0.497 e. The Hall–Kier alpha value is -3.00. The number of hydrogen-bond donors (Lipinski definition) is 0. The summed E-state index contributed by atoms with van der Waals surface area (Å²) >= 11 is 1.52. The Kier molecular flexibility index (Phi) is 3.80. The van der Waals surface area contributed by atoms with Crippen LogP contribution in [-0.2, 0) is 6.54 Å². The first-order chi connectivity index (χ1) is 11.8. The van der Waals surface area contributed by atoms with Crippen molar-refractivity contribution in [2.45, 2.75) is 6.54 Å². The van der Waals surface area contributed by atoms with Gasteiger partial charge in [-0.05, 0) is 29.5 Å². The number of methoxy groups -OCH3 is 1. The van der Waals surface area contributed by atoms with E-state index in [0.717, 1.165) is 27.8 Å². The predicted molar refractivity (Wildman–Crippen MR) is 88.7 cm³/mol. The average molecular weight is 339 g/mol. The number of hydrogen-bond acceptors (Lipinski definition) is 7. The van der Waals surface area contributed by atoms with Crippen LogP contribution < -0.4 is 4.74 Å². The lowest BCUT2D eigenvalue weighted by atomic mass is 10.2. The number of nitrogens with zero attached hydrogens (tertiary/aromatic N) is 5. The van der Waals surface area contributed by atoms with Crippen molar-refractivity contribution in [1.29, 1.82) is 0 Å². The summed E-state index contributed by atoms with van der Waals surface area (Å²) in [7, 11) is 1.63. The fourth-order valence-corrected chi connectivity index (χ4v) is 3.00. The highest BCUT2D eigenvalue weighted by molar-refractivity contribution is 7.13. The van der Waals surface area contributed by atoms with E-state index in [1.807, 2.05) is 41.8 Å². The zero-order valence-electron chi connectivity index (χ0n) is 12.8. The Labute approximate surface area is 141 Å². The lowest BCUT2D eigenvalue weighted by Crippen LogP contribution is -2.04. The van der Waals surface area contributed by atoms with Gasteiger partial charge in [0.15, 0.2) is 10.8 Å². The number of benzene rings is 1. The molecule has 24 heavy (non-hydrogen) atoms. The summed E-state index contributed by atoms with van der Waals surface area (Å²) in [5.41, 5.74) is 1.72. The Morgan fingerprint density at radius 3 is 3.04 bits per heavy atom. The van der Waals surface area contributed by atoms with Gasteiger partial charge in [0.1, 0.15) is 12.3 Å². The van der Waals surface area contributed by atoms with E-state index in [4.69, 9.17) is 9.15 Å². The molecule has 3 aromatic heterocycles. The summed E-state index contributed by atoms with van der Waals surface area (Å²) in [6.07, 6.45) is 1.63. The lowest BCUT2D eigenvalue weighted by molar-refractivity contribution is 0.415. The third kappa shape index (κ3) is 2.91. The zero-order chi connectivity index (χ0) is 16.4. The molecule has 0 aliphatic rings. The molecule has 1 aromatic carbocycles. The van der Waals surface area contributed by atoms with E-state index in [1.54, 1.807) is 13.4 Å². The summed E-state index contributed by atoms with van der Waals surface area (Å²) in [5, 5.41) is 15.4. The third-order valence-corrected chi connectivity index (χ3v) is 4.27. The lowest BCUT2D eigenvalue weighted by Gasteiger charge is -2.00. The molecule has 120 valence electrons. The van der Waals surface area contributed by atoms with Crippen LogP contribution in [0.2, 0.25) is 0 Å². The number of rotatable bonds is 5. The van der Waals surface area contributed by atoms with Gasteiger partial charge in [-0.3, -0.25) is 0 Å². The van der Waals surface area contributed by atoms with Crippen LogP contribution in [0.5, 0.6) is 5.75 Å². The molecule has 8 heteroatoms. The van der Waals surface area contributed by atoms with Crippen LogP contribution in [0, 0.1) is 0 Å². The first-order valence-electron chi connectivity index (χ1n) is 7.22. The average Bonchev–Trinajstić information content (AvgIpc) is 3.36. The van der Waals surface area contributed by atoms with Gasteiger partial charge in [-0.15, -0.1) is 21.5 Å². The van der Waals surface area contributed by atoms with Gasteiger partial charge in [-0.25, -0.2) is 4.98 Å². The smallest absolute Gasteiger partial charge is 0.205 e. The van der Waals surface area contributed by atoms with Crippen LogP contribution in [0.25, 0.3) is 22.2 Å². The second-order valence-electron chi connectivity index (χ2n) is 5.00. The third-order valence-electron chi connectivity index (χ3n) is 3.37. The summed E-state index contributed by atoms with van der Waals surface area (Å²) in [6, 6.07) is 11.3. The van der Waals surface area contributed by atoms with Gasteiger partial charge in [0, 0.05) is 10.9 Å². The van der Waals surface area contributed by atoms with Crippen LogP contribution in [0.1, 0.15) is 5.69 Å². The van der Waals surface area contributed by atoms with Gasteiger partial charge in [-0.2, -0.15) is 4.80 Å². The van der Waals surface area contributed by atoms with E-state index in [1.165, 1.54) is 16.1 Å². The van der Waals surface area contributed by atoms with Crippen molar-refractivity contribution in [1.82, 2.24) is 25.2 Å². The van der Waals surface area contributed by atoms with Gasteiger partial charge in [0.2, 0.25) is 5.82 Å². The number of furan rings is 1. The van der Waals surface area contributed by atoms with Crippen LogP contribution in [0.4, 0.5) is 0 Å². The highest BCUT2D eigenvalue weighted by Gasteiger charge is 2.11. The largest absolute Gasteiger partial charge is 0.497 e. The maximum atomic E-state index is 5.35. The first-order valence-corrected chi connectivity index (χ1v) is 8.10. The van der Waals surface area contributed by atoms with Gasteiger partial charge < -0.3 is 9.15 Å². The first kappa shape index (κ1) is 14.6. The van der Waals surface area contributed by atoms with Crippen molar-refractivity contribution in [3.8, 4) is 27.9 Å². The summed E-state index contributed by atoms with van der Waals surface area (Å²) in [6.45, 7) is 0.453. The summed E-state index contributed by atoms with van der Waals surface area (Å²) in [4.78, 5) is 6.06. The van der Waals surface area contributed by atoms with Crippen LogP contribution in [0.3, 0.4) is 0 Å². The molecule has 3 heterocycles. The quantitative estimate of drug-likeness (QED) is 0.556. The Morgan fingerprint density at radius 1 is 1.25 bits per heavy atom. The second kappa shape index (κ2) is 6.25. The number of ether oxygens (including phenoxy) is 1. The molecule has 4 rings (SSSR count). The van der Waals surface area contributed by atoms with E-state index in [0.29, 0.717) is 12.4 Å². The van der Waals surface area contributed by atoms with E-state index in [-0.39, 0.29) is 0 Å². The van der Waals surface area contributed by atoms with E-state index in [2.05, 4.69) is 20.4 Å². The summed E-state index contributed by atoms with van der Waals surface area (Å²) in [5.74, 6) is 2.07. The standard InChI is InChI=1S/C16H13N5O2S/c1-22-13-5-2-4-11(8-13)15-18-20-21(19-15)9-12-10-24-16(17-12)14-6-3-7-23-14/h2-8,10H,9H2,1H3. The van der Waals surface area contributed by atoms with E-state index >= 15 is 0 Å². The maximum absolute atomic E-state index is 5.35. The molecule has 0 saturated heterocycles. The minimum absolute atomic E-state index is 0.453. The molecule has 0 saturated carbocycles. The molecule has 0 spiro atoms. The Morgan fingerprint density at radius 2 is 2.21 bits per heavy atom. The molecule has 0 amide bonds. The molecule has 0 atom stereocenters. The Bertz CT molecular complexity index is 945. The molecule has 0 N–H and O–H groups in total. The molecule has 0 bridgehead atoms. The molecule has 0 radical (unpaired) electrons. The fraction of sp³-hybridized carbons (Fsp3) is 0.125. The topological polar surface area (TPSA) is 78.9 Å². The fourth-order valence-electron chi connectivity index (χ4n) is 2.23. The van der Waals surface area contributed by atoms with Crippen LogP contribution in [-0.4, -0.2) is 32.3 Å². The van der Waals surface area contributed by atoms with Crippen molar-refractivity contribution in [2.24, 2.45) is 0 Å². The van der Waals surface area contributed by atoms with Gasteiger partial charge in [-0.1, -0.05) is 12.1 Å². The monoisotopic (exact) mass is 339 g/mol. The van der Waals surface area contributed by atoms with E-state index < -0.39 is 0 Å². The number of tetrazole rings is 1. The normalized spacial score (nSPS) is 10.9. The van der Waals surface area contributed by atoms with Gasteiger partial charge in [0.25, 0.3) is 0 Å². The van der Waals surface area contributed by atoms with Crippen molar-refractivity contribution >= 4 is 11.3 Å². The van der Waals surface area contributed by atoms with E-state index in [9.17, 15) is 0 Å². The number of aromatic nitrogens is 5. The van der Waals surface area contributed by atoms with Crippen molar-refractivity contribution in [3.63, 3.8) is 0 Å². The molecular weight excluding hydrogens is 326 g/mol. The van der Waals surface area contributed by atoms with Crippen LogP contribution in [0.15, 0.2) is 52.5 Å². The maximum Gasteiger partial charge on any atom is 0.205 e. The molecule has 4 aromatic rings. The Balaban J connectivity index is 1.53. The molecule has 7 nitrogen and oxygen atoms in total. The minimum atomic E-state index is 0.453. The molecule has 0 unspecified atom stereocenters. The molecule has 0 aliphatic carbocycles. The molecule has 0 aliphatic heterocycles. The van der Waals surface area contributed by atoms with Crippen molar-refractivity contribution < 1.29 is 9.15 Å². The summed E-state index contributed by atoms with van der Waals surface area (Å²) < 4.78 is 10.6. The highest BCUT2D eigenvalue weighted by Crippen LogP contribution is 2.24.